The predicted octanol–water partition coefficient (Wildman–Crippen LogP) is 3.77. The van der Waals surface area contributed by atoms with Crippen molar-refractivity contribution in [2.24, 2.45) is 5.10 Å². The van der Waals surface area contributed by atoms with Crippen molar-refractivity contribution in [3.63, 3.8) is 0 Å². The summed E-state index contributed by atoms with van der Waals surface area (Å²) in [6, 6.07) is 25.9. The average molecular weight is 365 g/mol. The largest absolute Gasteiger partial charge is 0.345 e. The Morgan fingerprint density at radius 3 is 1.96 bits per heavy atom. The molecule has 0 heterocycles. The number of nitrogens with one attached hydrogen (secondary N) is 1. The maximum atomic E-state index is 12.1. The highest BCUT2D eigenvalue weighted by Gasteiger charge is 2.11. The third-order valence-corrected chi connectivity index (χ3v) is 5.10. The van der Waals surface area contributed by atoms with Gasteiger partial charge in [0, 0.05) is 18.4 Å². The molecule has 0 fully saturated rings. The lowest BCUT2D eigenvalue weighted by molar-refractivity contribution is 0.584. The lowest BCUT2D eigenvalue weighted by atomic mass is 10.2. The molecule has 26 heavy (non-hydrogen) atoms. The van der Waals surface area contributed by atoms with Crippen LogP contribution < -0.4 is 9.73 Å². The highest BCUT2D eigenvalue weighted by atomic mass is 32.2. The molecule has 0 unspecified atom stereocenters. The zero-order valence-electron chi connectivity index (χ0n) is 14.3. The number of nitrogens with zero attached hydrogens (tertiary/aromatic N) is 2. The van der Waals surface area contributed by atoms with Gasteiger partial charge in [-0.1, -0.05) is 48.5 Å². The SMILES string of the molecule is CN(c1ccccc1)c1ccc(/C=N/NS(=O)(=O)c2ccccc2)cc1. The molecule has 0 aliphatic carbocycles. The molecule has 1 N–H and O–H groups in total. The van der Waals surface area contributed by atoms with E-state index in [1.165, 1.54) is 18.3 Å². The second-order valence-electron chi connectivity index (χ2n) is 5.65. The topological polar surface area (TPSA) is 61.8 Å². The summed E-state index contributed by atoms with van der Waals surface area (Å²) < 4.78 is 24.2. The normalized spacial score (nSPS) is 11.4. The van der Waals surface area contributed by atoms with Crippen LogP contribution in [0.5, 0.6) is 0 Å². The lowest BCUT2D eigenvalue weighted by Gasteiger charge is -2.19. The summed E-state index contributed by atoms with van der Waals surface area (Å²) in [6.07, 6.45) is 1.48. The Morgan fingerprint density at radius 2 is 1.35 bits per heavy atom. The van der Waals surface area contributed by atoms with Gasteiger partial charge < -0.3 is 4.90 Å². The Morgan fingerprint density at radius 1 is 0.808 bits per heavy atom. The number of hydrogen-bond donors (Lipinski definition) is 1. The Kier molecular flexibility index (Phi) is 5.34. The van der Waals surface area contributed by atoms with Crippen LogP contribution in [0.15, 0.2) is 94.9 Å². The van der Waals surface area contributed by atoms with E-state index in [2.05, 4.69) is 14.8 Å². The lowest BCUT2D eigenvalue weighted by Crippen LogP contribution is -2.18. The van der Waals surface area contributed by atoms with Crippen LogP contribution in [0.3, 0.4) is 0 Å². The van der Waals surface area contributed by atoms with Gasteiger partial charge in [-0.25, -0.2) is 4.83 Å². The standard InChI is InChI=1S/C20H19N3O2S/c1-23(18-8-4-2-5-9-18)19-14-12-17(13-15-19)16-21-22-26(24,25)20-10-6-3-7-11-20/h2-16,22H,1H3/b21-16+. The Labute approximate surface area is 153 Å². The predicted molar refractivity (Wildman–Crippen MR) is 105 cm³/mol. The third-order valence-electron chi connectivity index (χ3n) is 3.86. The van der Waals surface area contributed by atoms with Crippen molar-refractivity contribution < 1.29 is 8.42 Å². The molecule has 5 nitrogen and oxygen atoms in total. The van der Waals surface area contributed by atoms with E-state index in [0.29, 0.717) is 0 Å². The van der Waals surface area contributed by atoms with E-state index in [1.54, 1.807) is 18.2 Å². The summed E-state index contributed by atoms with van der Waals surface area (Å²) in [4.78, 5) is 4.46. The number of para-hydroxylation sites is 1. The molecule has 132 valence electrons. The third kappa shape index (κ3) is 4.29. The minimum atomic E-state index is -3.64. The molecule has 0 radical (unpaired) electrons. The molecule has 6 heteroatoms. The van der Waals surface area contributed by atoms with Gasteiger partial charge in [-0.05, 0) is 42.0 Å². The molecule has 0 spiro atoms. The Balaban J connectivity index is 1.67. The molecule has 0 amide bonds. The van der Waals surface area contributed by atoms with Crippen LogP contribution in [0.25, 0.3) is 0 Å². The van der Waals surface area contributed by atoms with Crippen LogP contribution in [0, 0.1) is 0 Å². The highest BCUT2D eigenvalue weighted by molar-refractivity contribution is 7.89. The van der Waals surface area contributed by atoms with Gasteiger partial charge in [0.1, 0.15) is 0 Å². The fourth-order valence-corrected chi connectivity index (χ4v) is 3.22. The minimum absolute atomic E-state index is 0.178. The number of rotatable bonds is 6. The summed E-state index contributed by atoms with van der Waals surface area (Å²) in [5.41, 5.74) is 2.91. The first-order valence-electron chi connectivity index (χ1n) is 8.05. The van der Waals surface area contributed by atoms with E-state index in [1.807, 2.05) is 61.6 Å². The Hall–Kier alpha value is -3.12. The zero-order valence-corrected chi connectivity index (χ0v) is 15.1. The summed E-state index contributed by atoms with van der Waals surface area (Å²) in [5.74, 6) is 0. The molecule has 0 aliphatic heterocycles. The molecule has 0 atom stereocenters. The summed E-state index contributed by atoms with van der Waals surface area (Å²) in [7, 11) is -1.65. The van der Waals surface area contributed by atoms with E-state index < -0.39 is 10.0 Å². The molecule has 0 saturated carbocycles. The van der Waals surface area contributed by atoms with E-state index in [9.17, 15) is 8.42 Å². The molecule has 3 rings (SSSR count). The number of anilines is 2. The smallest absolute Gasteiger partial charge is 0.276 e. The van der Waals surface area contributed by atoms with Crippen LogP contribution in [0.2, 0.25) is 0 Å². The fraction of sp³-hybridized carbons (Fsp3) is 0.0500. The van der Waals surface area contributed by atoms with Crippen molar-refractivity contribution in [3.05, 3.63) is 90.5 Å². The summed E-state index contributed by atoms with van der Waals surface area (Å²) in [6.45, 7) is 0. The van der Waals surface area contributed by atoms with Crippen molar-refractivity contribution in [1.82, 2.24) is 4.83 Å². The maximum absolute atomic E-state index is 12.1. The first-order valence-corrected chi connectivity index (χ1v) is 9.53. The van der Waals surface area contributed by atoms with Crippen molar-refractivity contribution in [2.45, 2.75) is 4.90 Å². The van der Waals surface area contributed by atoms with Gasteiger partial charge >= 0.3 is 0 Å². The fourth-order valence-electron chi connectivity index (χ4n) is 2.41. The quantitative estimate of drug-likeness (QED) is 0.534. The van der Waals surface area contributed by atoms with Crippen LogP contribution >= 0.6 is 0 Å². The van der Waals surface area contributed by atoms with E-state index in [0.717, 1.165) is 16.9 Å². The zero-order chi connectivity index (χ0) is 18.4. The van der Waals surface area contributed by atoms with Crippen molar-refractivity contribution in [1.29, 1.82) is 0 Å². The summed E-state index contributed by atoms with van der Waals surface area (Å²) in [5, 5.41) is 3.85. The molecular weight excluding hydrogens is 346 g/mol. The van der Waals surface area contributed by atoms with E-state index >= 15 is 0 Å². The molecular formula is C20H19N3O2S. The monoisotopic (exact) mass is 365 g/mol. The Bertz CT molecular complexity index is 971. The molecule has 0 aliphatic rings. The van der Waals surface area contributed by atoms with Crippen molar-refractivity contribution in [3.8, 4) is 0 Å². The number of hydrogen-bond acceptors (Lipinski definition) is 4. The molecule has 0 aromatic heterocycles. The van der Waals surface area contributed by atoms with Gasteiger partial charge in [0.05, 0.1) is 11.1 Å². The number of benzene rings is 3. The van der Waals surface area contributed by atoms with Gasteiger partial charge in [0.2, 0.25) is 0 Å². The first kappa shape index (κ1) is 17.7. The first-order chi connectivity index (χ1) is 12.6. The number of hydrazone groups is 1. The maximum Gasteiger partial charge on any atom is 0.276 e. The van der Waals surface area contributed by atoms with Crippen molar-refractivity contribution in [2.75, 3.05) is 11.9 Å². The second kappa shape index (κ2) is 7.84. The van der Waals surface area contributed by atoms with Crippen LogP contribution in [0.4, 0.5) is 11.4 Å². The van der Waals surface area contributed by atoms with Gasteiger partial charge in [-0.2, -0.15) is 13.5 Å². The average Bonchev–Trinajstić information content (AvgIpc) is 2.69. The second-order valence-corrected chi connectivity index (χ2v) is 7.31. The number of sulfonamides is 1. The highest BCUT2D eigenvalue weighted by Crippen LogP contribution is 2.22. The molecule has 3 aromatic rings. The van der Waals surface area contributed by atoms with Crippen molar-refractivity contribution >= 4 is 27.6 Å². The van der Waals surface area contributed by atoms with E-state index in [4.69, 9.17) is 0 Å². The molecule has 3 aromatic carbocycles. The van der Waals surface area contributed by atoms with Crippen LogP contribution in [-0.4, -0.2) is 21.7 Å². The van der Waals surface area contributed by atoms with E-state index in [-0.39, 0.29) is 4.90 Å². The van der Waals surface area contributed by atoms with Gasteiger partial charge in [0.25, 0.3) is 10.0 Å². The van der Waals surface area contributed by atoms with Gasteiger partial charge in [-0.15, -0.1) is 0 Å². The molecule has 0 saturated heterocycles. The molecule has 0 bridgehead atoms. The van der Waals surface area contributed by atoms with Gasteiger partial charge in [0.15, 0.2) is 0 Å². The summed E-state index contributed by atoms with van der Waals surface area (Å²) >= 11 is 0. The van der Waals surface area contributed by atoms with Crippen LogP contribution in [-0.2, 0) is 10.0 Å². The van der Waals surface area contributed by atoms with Gasteiger partial charge in [-0.3, -0.25) is 0 Å². The minimum Gasteiger partial charge on any atom is -0.345 e. The van der Waals surface area contributed by atoms with Crippen LogP contribution in [0.1, 0.15) is 5.56 Å².